The summed E-state index contributed by atoms with van der Waals surface area (Å²) in [5.41, 5.74) is 0.755. The van der Waals surface area contributed by atoms with E-state index in [1.807, 2.05) is 26.0 Å². The molecule has 0 aliphatic heterocycles. The van der Waals surface area contributed by atoms with Crippen molar-refractivity contribution in [1.29, 1.82) is 0 Å². The van der Waals surface area contributed by atoms with Crippen LogP contribution < -0.4 is 0 Å². The van der Waals surface area contributed by atoms with Crippen LogP contribution in [0.3, 0.4) is 0 Å². The molecule has 0 fully saturated rings. The Hall–Kier alpha value is -1.44. The van der Waals surface area contributed by atoms with E-state index in [-0.39, 0.29) is 11.7 Å². The Morgan fingerprint density at radius 3 is 2.71 bits per heavy atom. The molecule has 0 radical (unpaired) electrons. The van der Waals surface area contributed by atoms with Crippen molar-refractivity contribution in [2.75, 3.05) is 0 Å². The first-order chi connectivity index (χ1) is 6.68. The molecule has 0 unspecified atom stereocenters. The van der Waals surface area contributed by atoms with Crippen molar-refractivity contribution >= 4 is 10.8 Å². The lowest BCUT2D eigenvalue weighted by Gasteiger charge is -2.08. The van der Waals surface area contributed by atoms with Crippen LogP contribution in [0, 0.1) is 5.82 Å². The van der Waals surface area contributed by atoms with Crippen LogP contribution >= 0.6 is 0 Å². The quantitative estimate of drug-likeness (QED) is 0.669. The maximum atomic E-state index is 13.5. The second-order valence-electron chi connectivity index (χ2n) is 3.75. The van der Waals surface area contributed by atoms with Gasteiger partial charge >= 0.3 is 0 Å². The van der Waals surface area contributed by atoms with Crippen molar-refractivity contribution in [2.45, 2.75) is 19.8 Å². The molecule has 1 heterocycles. The van der Waals surface area contributed by atoms with E-state index in [1.165, 1.54) is 0 Å². The molecule has 0 spiro atoms. The molecular formula is C12H12FN. The highest BCUT2D eigenvalue weighted by molar-refractivity contribution is 5.82. The smallest absolute Gasteiger partial charge is 0.127 e. The molecule has 0 saturated carbocycles. The van der Waals surface area contributed by atoms with E-state index in [0.29, 0.717) is 0 Å². The SMILES string of the molecule is CC(C)c1cc2cnccc2cc1F. The fourth-order valence-corrected chi connectivity index (χ4v) is 1.57. The predicted octanol–water partition coefficient (Wildman–Crippen LogP) is 3.50. The molecule has 0 amide bonds. The molecule has 0 aliphatic carbocycles. The molecule has 2 rings (SSSR count). The van der Waals surface area contributed by atoms with Crippen molar-refractivity contribution in [3.63, 3.8) is 0 Å². The summed E-state index contributed by atoms with van der Waals surface area (Å²) in [6.45, 7) is 3.97. The summed E-state index contributed by atoms with van der Waals surface area (Å²) < 4.78 is 13.5. The van der Waals surface area contributed by atoms with Crippen molar-refractivity contribution in [1.82, 2.24) is 4.98 Å². The zero-order valence-corrected chi connectivity index (χ0v) is 8.29. The van der Waals surface area contributed by atoms with Gasteiger partial charge in [-0.3, -0.25) is 4.98 Å². The number of aromatic nitrogens is 1. The van der Waals surface area contributed by atoms with E-state index >= 15 is 0 Å². The lowest BCUT2D eigenvalue weighted by molar-refractivity contribution is 0.600. The summed E-state index contributed by atoms with van der Waals surface area (Å²) in [6, 6.07) is 5.28. The molecule has 0 saturated heterocycles. The van der Waals surface area contributed by atoms with E-state index in [9.17, 15) is 4.39 Å². The Bertz CT molecular complexity index is 463. The molecule has 0 bridgehead atoms. The Labute approximate surface area is 82.6 Å². The van der Waals surface area contributed by atoms with Gasteiger partial charge in [-0.2, -0.15) is 0 Å². The van der Waals surface area contributed by atoms with Crippen LogP contribution in [0.4, 0.5) is 4.39 Å². The third-order valence-corrected chi connectivity index (χ3v) is 2.38. The number of pyridine rings is 1. The molecular weight excluding hydrogens is 177 g/mol. The third kappa shape index (κ3) is 1.48. The fourth-order valence-electron chi connectivity index (χ4n) is 1.57. The van der Waals surface area contributed by atoms with Crippen molar-refractivity contribution < 1.29 is 4.39 Å². The zero-order valence-electron chi connectivity index (χ0n) is 8.29. The molecule has 2 heteroatoms. The minimum Gasteiger partial charge on any atom is -0.264 e. The molecule has 1 aromatic heterocycles. The molecule has 1 aromatic carbocycles. The third-order valence-electron chi connectivity index (χ3n) is 2.38. The minimum absolute atomic E-state index is 0.126. The van der Waals surface area contributed by atoms with E-state index in [2.05, 4.69) is 4.98 Å². The maximum absolute atomic E-state index is 13.5. The van der Waals surface area contributed by atoms with Gasteiger partial charge in [0.15, 0.2) is 0 Å². The van der Waals surface area contributed by atoms with Gasteiger partial charge in [-0.15, -0.1) is 0 Å². The predicted molar refractivity (Wildman–Crippen MR) is 55.8 cm³/mol. The summed E-state index contributed by atoms with van der Waals surface area (Å²) in [6.07, 6.45) is 3.44. The van der Waals surface area contributed by atoms with Gasteiger partial charge in [-0.1, -0.05) is 13.8 Å². The number of benzene rings is 1. The second-order valence-corrected chi connectivity index (χ2v) is 3.75. The topological polar surface area (TPSA) is 12.9 Å². The van der Waals surface area contributed by atoms with Crippen LogP contribution in [0.1, 0.15) is 25.3 Å². The van der Waals surface area contributed by atoms with Crippen LogP contribution in [0.2, 0.25) is 0 Å². The zero-order chi connectivity index (χ0) is 10.1. The summed E-state index contributed by atoms with van der Waals surface area (Å²) in [4.78, 5) is 4.02. The Kier molecular flexibility index (Phi) is 2.20. The van der Waals surface area contributed by atoms with Gasteiger partial charge in [0.25, 0.3) is 0 Å². The Morgan fingerprint density at radius 2 is 2.00 bits per heavy atom. The summed E-state index contributed by atoms with van der Waals surface area (Å²) >= 11 is 0. The van der Waals surface area contributed by atoms with Gasteiger partial charge in [-0.05, 0) is 35.1 Å². The van der Waals surface area contributed by atoms with Crippen molar-refractivity contribution in [3.05, 3.63) is 42.0 Å². The van der Waals surface area contributed by atoms with Crippen molar-refractivity contribution in [2.24, 2.45) is 0 Å². The largest absolute Gasteiger partial charge is 0.264 e. The monoisotopic (exact) mass is 189 g/mol. The van der Waals surface area contributed by atoms with Crippen molar-refractivity contribution in [3.8, 4) is 0 Å². The van der Waals surface area contributed by atoms with Gasteiger partial charge in [0.2, 0.25) is 0 Å². The van der Waals surface area contributed by atoms with E-state index in [4.69, 9.17) is 0 Å². The van der Waals surface area contributed by atoms with Gasteiger partial charge in [0, 0.05) is 17.8 Å². The van der Waals surface area contributed by atoms with Crippen LogP contribution in [-0.4, -0.2) is 4.98 Å². The van der Waals surface area contributed by atoms with Crippen LogP contribution in [0.15, 0.2) is 30.6 Å². The Balaban J connectivity index is 2.71. The first-order valence-electron chi connectivity index (χ1n) is 4.71. The van der Waals surface area contributed by atoms with Gasteiger partial charge in [0.05, 0.1) is 0 Å². The van der Waals surface area contributed by atoms with Crippen LogP contribution in [0.5, 0.6) is 0 Å². The second kappa shape index (κ2) is 3.37. The molecule has 0 atom stereocenters. The first kappa shape index (κ1) is 9.13. The molecule has 72 valence electrons. The summed E-state index contributed by atoms with van der Waals surface area (Å²) in [5.74, 6) is 0.0818. The normalized spacial score (nSPS) is 11.1. The molecule has 0 aliphatic rings. The Morgan fingerprint density at radius 1 is 1.21 bits per heavy atom. The fraction of sp³-hybridized carbons (Fsp3) is 0.250. The molecule has 1 nitrogen and oxygen atoms in total. The van der Waals surface area contributed by atoms with E-state index in [0.717, 1.165) is 16.3 Å². The minimum atomic E-state index is -0.126. The first-order valence-corrected chi connectivity index (χ1v) is 4.71. The number of hydrogen-bond acceptors (Lipinski definition) is 1. The highest BCUT2D eigenvalue weighted by atomic mass is 19.1. The lowest BCUT2D eigenvalue weighted by atomic mass is 9.99. The highest BCUT2D eigenvalue weighted by Gasteiger charge is 2.07. The molecule has 2 aromatic rings. The summed E-state index contributed by atoms with van der Waals surface area (Å²) in [7, 11) is 0. The van der Waals surface area contributed by atoms with E-state index in [1.54, 1.807) is 18.5 Å². The average molecular weight is 189 g/mol. The average Bonchev–Trinajstić information content (AvgIpc) is 2.16. The number of fused-ring (bicyclic) bond motifs is 1. The highest BCUT2D eigenvalue weighted by Crippen LogP contribution is 2.23. The standard InChI is InChI=1S/C12H12FN/c1-8(2)11-5-10-7-14-4-3-9(10)6-12(11)13/h3-8H,1-2H3. The summed E-state index contributed by atoms with van der Waals surface area (Å²) in [5, 5.41) is 1.90. The molecule has 14 heavy (non-hydrogen) atoms. The van der Waals surface area contributed by atoms with Crippen LogP contribution in [0.25, 0.3) is 10.8 Å². The maximum Gasteiger partial charge on any atom is 0.127 e. The van der Waals surface area contributed by atoms with Gasteiger partial charge in [0.1, 0.15) is 5.82 Å². The number of nitrogens with zero attached hydrogens (tertiary/aromatic N) is 1. The number of hydrogen-bond donors (Lipinski definition) is 0. The van der Waals surface area contributed by atoms with Gasteiger partial charge in [-0.25, -0.2) is 4.39 Å². The molecule has 0 N–H and O–H groups in total. The van der Waals surface area contributed by atoms with Crippen LogP contribution in [-0.2, 0) is 0 Å². The number of halogens is 1. The number of rotatable bonds is 1. The van der Waals surface area contributed by atoms with Gasteiger partial charge < -0.3 is 0 Å². The van der Waals surface area contributed by atoms with E-state index < -0.39 is 0 Å². The lowest BCUT2D eigenvalue weighted by Crippen LogP contribution is -1.93.